The van der Waals surface area contributed by atoms with Gasteiger partial charge in [-0.3, -0.25) is 13.9 Å². The van der Waals surface area contributed by atoms with E-state index in [1.165, 1.54) is 23.1 Å². The molecule has 0 heterocycles. The Morgan fingerprint density at radius 3 is 2.27 bits per heavy atom. The highest BCUT2D eigenvalue weighted by Gasteiger charge is 2.34. The summed E-state index contributed by atoms with van der Waals surface area (Å²) in [4.78, 5) is 29.4. The molecule has 0 saturated heterocycles. The number of carbonyl (C=O) groups excluding carboxylic acids is 2. The fraction of sp³-hybridized carbons (Fsp3) is 0.355. The van der Waals surface area contributed by atoms with E-state index < -0.39 is 34.3 Å². The molecule has 3 aromatic carbocycles. The number of nitrogens with zero attached hydrogens (tertiary/aromatic N) is 2. The Labute approximate surface area is 246 Å². The highest BCUT2D eigenvalue weighted by Crippen LogP contribution is 2.24. The first kappa shape index (κ1) is 30.5. The van der Waals surface area contributed by atoms with Gasteiger partial charge in [0.05, 0.1) is 11.9 Å². The van der Waals surface area contributed by atoms with Crippen LogP contribution in [0.1, 0.15) is 43.2 Å². The molecule has 2 amide bonds. The molecule has 0 bridgehead atoms. The van der Waals surface area contributed by atoms with Crippen LogP contribution in [0.5, 0.6) is 0 Å². The average Bonchev–Trinajstić information content (AvgIpc) is 2.94. The summed E-state index contributed by atoms with van der Waals surface area (Å²) in [5.74, 6) is -1.73. The molecule has 3 aromatic rings. The quantitative estimate of drug-likeness (QED) is 0.323. The number of hydrogen-bond donors (Lipinski definition) is 1. The van der Waals surface area contributed by atoms with Crippen LogP contribution in [-0.2, 0) is 32.6 Å². The summed E-state index contributed by atoms with van der Waals surface area (Å²) in [5.41, 5.74) is 1.28. The number of hydrogen-bond acceptors (Lipinski definition) is 4. The second-order valence-corrected chi connectivity index (χ2v) is 12.8. The molecule has 0 aromatic heterocycles. The monoisotopic (exact) mass is 599 g/mol. The third-order valence-corrected chi connectivity index (χ3v) is 8.63. The number of nitrogens with one attached hydrogen (secondary N) is 1. The van der Waals surface area contributed by atoms with Gasteiger partial charge < -0.3 is 10.2 Å². The van der Waals surface area contributed by atoms with Crippen molar-refractivity contribution in [2.45, 2.75) is 57.2 Å². The van der Waals surface area contributed by atoms with Gasteiger partial charge in [0.1, 0.15) is 18.4 Å². The molecular weight excluding hydrogens is 565 g/mol. The summed E-state index contributed by atoms with van der Waals surface area (Å²) < 4.78 is 41.1. The Bertz CT molecular complexity index is 1450. The minimum Gasteiger partial charge on any atom is -0.352 e. The van der Waals surface area contributed by atoms with Crippen LogP contribution < -0.4 is 9.62 Å². The molecule has 0 unspecified atom stereocenters. The highest BCUT2D eigenvalue weighted by molar-refractivity contribution is 7.92. The molecule has 0 spiro atoms. The van der Waals surface area contributed by atoms with Gasteiger partial charge in [0, 0.05) is 24.0 Å². The van der Waals surface area contributed by atoms with Crippen molar-refractivity contribution in [3.63, 3.8) is 0 Å². The van der Waals surface area contributed by atoms with E-state index in [0.717, 1.165) is 54.3 Å². The predicted molar refractivity (Wildman–Crippen MR) is 160 cm³/mol. The maximum Gasteiger partial charge on any atom is 0.244 e. The number of benzene rings is 3. The summed E-state index contributed by atoms with van der Waals surface area (Å²) in [6.07, 6.45) is 6.02. The van der Waals surface area contributed by atoms with E-state index in [1.54, 1.807) is 24.3 Å². The number of para-hydroxylation sites is 1. The Kier molecular flexibility index (Phi) is 10.4. The molecule has 0 radical (unpaired) electrons. The van der Waals surface area contributed by atoms with Crippen LogP contribution >= 0.6 is 11.6 Å². The molecule has 10 heteroatoms. The normalized spacial score (nSPS) is 14.7. The van der Waals surface area contributed by atoms with Crippen LogP contribution in [0, 0.1) is 5.82 Å². The molecule has 1 saturated carbocycles. The van der Waals surface area contributed by atoms with Gasteiger partial charge in [-0.25, -0.2) is 12.8 Å². The number of rotatable bonds is 11. The molecule has 1 fully saturated rings. The number of sulfonamides is 1. The van der Waals surface area contributed by atoms with Crippen LogP contribution in [0.2, 0.25) is 5.02 Å². The van der Waals surface area contributed by atoms with Gasteiger partial charge in [-0.05, 0) is 48.2 Å². The minimum absolute atomic E-state index is 0.00331. The van der Waals surface area contributed by atoms with E-state index in [-0.39, 0.29) is 30.6 Å². The number of halogens is 2. The average molecular weight is 600 g/mol. The molecule has 218 valence electrons. The van der Waals surface area contributed by atoms with Gasteiger partial charge in [-0.1, -0.05) is 85.5 Å². The highest BCUT2D eigenvalue weighted by atomic mass is 35.5. The van der Waals surface area contributed by atoms with Gasteiger partial charge >= 0.3 is 0 Å². The zero-order chi connectivity index (χ0) is 29.4. The number of amides is 2. The van der Waals surface area contributed by atoms with Crippen LogP contribution in [0.3, 0.4) is 0 Å². The van der Waals surface area contributed by atoms with Crippen molar-refractivity contribution >= 4 is 39.1 Å². The molecule has 41 heavy (non-hydrogen) atoms. The summed E-state index contributed by atoms with van der Waals surface area (Å²) in [7, 11) is -4.05. The van der Waals surface area contributed by atoms with E-state index in [2.05, 4.69) is 5.32 Å². The van der Waals surface area contributed by atoms with Crippen molar-refractivity contribution in [1.29, 1.82) is 0 Å². The standard InChI is InChI=1S/C31H35ClFN3O4S/c1-41(39,40)36(28-18-9-8-17-27(28)33)22-30(37)35(21-24-13-10-14-25(32)19-24)29(20-23-11-4-2-5-12-23)31(38)34-26-15-6-3-7-16-26/h2,4-5,8-14,17-19,26,29H,3,6-7,15-16,20-22H2,1H3,(H,34,38)/t29-/m0/s1. The van der Waals surface area contributed by atoms with Gasteiger partial charge in [0.15, 0.2) is 0 Å². The molecule has 1 atom stereocenters. The van der Waals surface area contributed by atoms with E-state index in [1.807, 2.05) is 30.3 Å². The second kappa shape index (κ2) is 14.0. The first-order valence-corrected chi connectivity index (χ1v) is 15.9. The lowest BCUT2D eigenvalue weighted by molar-refractivity contribution is -0.140. The van der Waals surface area contributed by atoms with Crippen LogP contribution in [0.4, 0.5) is 10.1 Å². The lowest BCUT2D eigenvalue weighted by atomic mass is 9.94. The van der Waals surface area contributed by atoms with Crippen LogP contribution in [0.15, 0.2) is 78.9 Å². The van der Waals surface area contributed by atoms with E-state index in [0.29, 0.717) is 10.6 Å². The first-order valence-electron chi connectivity index (χ1n) is 13.7. The Balaban J connectivity index is 1.73. The summed E-state index contributed by atoms with van der Waals surface area (Å²) in [6.45, 7) is -0.674. The third kappa shape index (κ3) is 8.53. The molecule has 7 nitrogen and oxygen atoms in total. The lowest BCUT2D eigenvalue weighted by Crippen LogP contribution is -2.55. The summed E-state index contributed by atoms with van der Waals surface area (Å²) in [5, 5.41) is 3.61. The zero-order valence-corrected chi connectivity index (χ0v) is 24.6. The second-order valence-electron chi connectivity index (χ2n) is 10.4. The molecular formula is C31H35ClFN3O4S. The van der Waals surface area contributed by atoms with Crippen LogP contribution in [0.25, 0.3) is 0 Å². The van der Waals surface area contributed by atoms with Crippen molar-refractivity contribution < 1.29 is 22.4 Å². The first-order chi connectivity index (χ1) is 19.6. The van der Waals surface area contributed by atoms with Gasteiger partial charge in [0.25, 0.3) is 0 Å². The minimum atomic E-state index is -4.05. The zero-order valence-electron chi connectivity index (χ0n) is 23.0. The summed E-state index contributed by atoms with van der Waals surface area (Å²) >= 11 is 6.24. The van der Waals surface area contributed by atoms with Crippen molar-refractivity contribution in [1.82, 2.24) is 10.2 Å². The molecule has 1 aliphatic rings. The molecule has 4 rings (SSSR count). The number of carbonyl (C=O) groups is 2. The van der Waals surface area contributed by atoms with Crippen molar-refractivity contribution in [3.8, 4) is 0 Å². The SMILES string of the molecule is CS(=O)(=O)N(CC(=O)N(Cc1cccc(Cl)c1)[C@@H](Cc1ccccc1)C(=O)NC1CCCCC1)c1ccccc1F. The van der Waals surface area contributed by atoms with Gasteiger partial charge in [0.2, 0.25) is 21.8 Å². The van der Waals surface area contributed by atoms with Crippen molar-refractivity contribution in [3.05, 3.63) is 101 Å². The Hall–Kier alpha value is -3.43. The molecule has 1 aliphatic carbocycles. The van der Waals surface area contributed by atoms with Gasteiger partial charge in [-0.15, -0.1) is 0 Å². The topological polar surface area (TPSA) is 86.8 Å². The Morgan fingerprint density at radius 2 is 1.61 bits per heavy atom. The molecule has 1 N–H and O–H groups in total. The number of anilines is 1. The van der Waals surface area contributed by atoms with Crippen molar-refractivity contribution in [2.24, 2.45) is 0 Å². The van der Waals surface area contributed by atoms with Crippen LogP contribution in [-0.4, -0.2) is 50.0 Å². The molecule has 0 aliphatic heterocycles. The predicted octanol–water partition coefficient (Wildman–Crippen LogP) is 5.33. The van der Waals surface area contributed by atoms with E-state index in [4.69, 9.17) is 11.6 Å². The van der Waals surface area contributed by atoms with E-state index >= 15 is 0 Å². The summed E-state index contributed by atoms with van der Waals surface area (Å²) in [6, 6.07) is 20.7. The maximum absolute atomic E-state index is 14.7. The Morgan fingerprint density at radius 1 is 0.951 bits per heavy atom. The van der Waals surface area contributed by atoms with Crippen molar-refractivity contribution in [2.75, 3.05) is 17.1 Å². The third-order valence-electron chi connectivity index (χ3n) is 7.26. The lowest BCUT2D eigenvalue weighted by Gasteiger charge is -2.35. The maximum atomic E-state index is 14.7. The van der Waals surface area contributed by atoms with Gasteiger partial charge in [-0.2, -0.15) is 0 Å². The van der Waals surface area contributed by atoms with E-state index in [9.17, 15) is 22.4 Å². The fourth-order valence-electron chi connectivity index (χ4n) is 5.18. The fourth-order valence-corrected chi connectivity index (χ4v) is 6.24. The smallest absolute Gasteiger partial charge is 0.244 e. The largest absolute Gasteiger partial charge is 0.352 e.